The second kappa shape index (κ2) is 13.1. The maximum absolute atomic E-state index is 14.8. The van der Waals surface area contributed by atoms with Gasteiger partial charge in [-0.2, -0.15) is 0 Å². The van der Waals surface area contributed by atoms with Crippen molar-refractivity contribution in [3.8, 4) is 17.2 Å². The van der Waals surface area contributed by atoms with Gasteiger partial charge in [-0.15, -0.1) is 0 Å². The highest BCUT2D eigenvalue weighted by Crippen LogP contribution is 2.54. The molecule has 46 heavy (non-hydrogen) atoms. The van der Waals surface area contributed by atoms with Gasteiger partial charge in [0.25, 0.3) is 0 Å². The predicted molar refractivity (Wildman–Crippen MR) is 196 cm³/mol. The third-order valence-corrected chi connectivity index (χ3v) is 10.4. The van der Waals surface area contributed by atoms with Crippen LogP contribution in [0.1, 0.15) is 136 Å². The summed E-state index contributed by atoms with van der Waals surface area (Å²) in [6.07, 6.45) is 2.07. The standard InChI is InChI=1S/C41H61O4P/c1-28-24-35(39(9,10)11)36(42)29(2)34(28)25-46(43,44-32-20-16-30(17-21-32)40(12,13)26-37(3,4)5)45-33-22-18-31(19-23-33)41(14,15)27-38(6,7)8/h16-24,42H,25-27H2,1-15H3. The van der Waals surface area contributed by atoms with Gasteiger partial charge in [0.05, 0.1) is 6.16 Å². The molecular formula is C41H61O4P. The number of hydrogen-bond acceptors (Lipinski definition) is 4. The molecule has 0 bridgehead atoms. The van der Waals surface area contributed by atoms with Gasteiger partial charge in [0, 0.05) is 0 Å². The molecule has 0 atom stereocenters. The first-order valence-corrected chi connectivity index (χ1v) is 18.5. The average molecular weight is 649 g/mol. The van der Waals surface area contributed by atoms with Crippen LogP contribution in [-0.4, -0.2) is 5.11 Å². The first-order chi connectivity index (χ1) is 20.7. The summed E-state index contributed by atoms with van der Waals surface area (Å²) < 4.78 is 27.5. The largest absolute Gasteiger partial charge is 0.507 e. The van der Waals surface area contributed by atoms with Crippen molar-refractivity contribution in [3.05, 3.63) is 88.0 Å². The molecule has 0 heterocycles. The molecule has 0 amide bonds. The van der Waals surface area contributed by atoms with E-state index in [2.05, 4.69) is 114 Å². The lowest BCUT2D eigenvalue weighted by atomic mass is 9.72. The molecule has 0 spiro atoms. The SMILES string of the molecule is Cc1cc(C(C)(C)C)c(O)c(C)c1CP(=O)(Oc1ccc(C(C)(C)CC(C)(C)C)cc1)Oc1ccc(C(C)(C)CC(C)(C)C)cc1. The number of aryl methyl sites for hydroxylation is 1. The molecule has 0 saturated carbocycles. The number of rotatable bonds is 10. The van der Waals surface area contributed by atoms with Gasteiger partial charge in [0.15, 0.2) is 0 Å². The van der Waals surface area contributed by atoms with Crippen LogP contribution in [0, 0.1) is 24.7 Å². The van der Waals surface area contributed by atoms with Crippen molar-refractivity contribution in [2.75, 3.05) is 0 Å². The van der Waals surface area contributed by atoms with Crippen molar-refractivity contribution in [2.45, 2.75) is 139 Å². The highest BCUT2D eigenvalue weighted by molar-refractivity contribution is 7.53. The van der Waals surface area contributed by atoms with Crippen molar-refractivity contribution in [1.29, 1.82) is 0 Å². The third-order valence-electron chi connectivity index (χ3n) is 8.76. The summed E-state index contributed by atoms with van der Waals surface area (Å²) in [4.78, 5) is 0. The summed E-state index contributed by atoms with van der Waals surface area (Å²) in [7, 11) is -3.80. The van der Waals surface area contributed by atoms with Crippen LogP contribution in [-0.2, 0) is 27.0 Å². The molecule has 254 valence electrons. The van der Waals surface area contributed by atoms with E-state index in [1.165, 1.54) is 11.1 Å². The monoisotopic (exact) mass is 648 g/mol. The molecule has 3 aromatic rings. The van der Waals surface area contributed by atoms with Crippen LogP contribution in [0.5, 0.6) is 17.2 Å². The fraction of sp³-hybridized carbons (Fsp3) is 0.561. The Morgan fingerprint density at radius 2 is 1.00 bits per heavy atom. The van der Waals surface area contributed by atoms with Gasteiger partial charge in [0.1, 0.15) is 17.2 Å². The van der Waals surface area contributed by atoms with Crippen LogP contribution in [0.15, 0.2) is 54.6 Å². The molecule has 0 aliphatic carbocycles. The molecule has 0 radical (unpaired) electrons. The van der Waals surface area contributed by atoms with Gasteiger partial charge >= 0.3 is 7.60 Å². The van der Waals surface area contributed by atoms with E-state index in [0.717, 1.165) is 29.5 Å². The third kappa shape index (κ3) is 9.90. The van der Waals surface area contributed by atoms with Crippen molar-refractivity contribution in [3.63, 3.8) is 0 Å². The lowest BCUT2D eigenvalue weighted by Crippen LogP contribution is -2.24. The Labute approximate surface area is 280 Å². The van der Waals surface area contributed by atoms with E-state index in [1.54, 1.807) is 0 Å². The first kappa shape index (κ1) is 37.7. The lowest BCUT2D eigenvalue weighted by molar-refractivity contribution is 0.283. The first-order valence-electron chi connectivity index (χ1n) is 16.7. The normalized spacial score (nSPS) is 13.5. The Kier molecular flexibility index (Phi) is 10.7. The van der Waals surface area contributed by atoms with Crippen LogP contribution >= 0.6 is 7.60 Å². The summed E-state index contributed by atoms with van der Waals surface area (Å²) >= 11 is 0. The van der Waals surface area contributed by atoms with Gasteiger partial charge in [-0.3, -0.25) is 0 Å². The van der Waals surface area contributed by atoms with Gasteiger partial charge in [0.2, 0.25) is 0 Å². The fourth-order valence-corrected chi connectivity index (χ4v) is 9.14. The lowest BCUT2D eigenvalue weighted by Gasteiger charge is -2.33. The summed E-state index contributed by atoms with van der Waals surface area (Å²) in [6.45, 7) is 32.7. The summed E-state index contributed by atoms with van der Waals surface area (Å²) in [5.74, 6) is 1.22. The molecule has 5 heteroatoms. The minimum atomic E-state index is -3.80. The van der Waals surface area contributed by atoms with E-state index in [0.29, 0.717) is 17.1 Å². The maximum Gasteiger partial charge on any atom is 0.435 e. The van der Waals surface area contributed by atoms with E-state index in [4.69, 9.17) is 9.05 Å². The summed E-state index contributed by atoms with van der Waals surface area (Å²) in [6, 6.07) is 17.9. The molecule has 1 N–H and O–H groups in total. The molecule has 3 aromatic carbocycles. The zero-order chi connectivity index (χ0) is 35.1. The molecule has 0 unspecified atom stereocenters. The van der Waals surface area contributed by atoms with Crippen LogP contribution in [0.4, 0.5) is 0 Å². The van der Waals surface area contributed by atoms with Crippen molar-refractivity contribution in [1.82, 2.24) is 0 Å². The zero-order valence-corrected chi connectivity index (χ0v) is 32.3. The second-order valence-electron chi connectivity index (χ2n) is 18.2. The minimum absolute atomic E-state index is 0.0250. The number of aromatic hydroxyl groups is 1. The number of hydrogen-bond donors (Lipinski definition) is 1. The van der Waals surface area contributed by atoms with Gasteiger partial charge < -0.3 is 14.2 Å². The van der Waals surface area contributed by atoms with Crippen LogP contribution in [0.2, 0.25) is 0 Å². The van der Waals surface area contributed by atoms with Crippen LogP contribution < -0.4 is 9.05 Å². The Morgan fingerprint density at radius 1 is 0.630 bits per heavy atom. The average Bonchev–Trinajstić information content (AvgIpc) is 2.86. The molecular weight excluding hydrogens is 587 g/mol. The smallest absolute Gasteiger partial charge is 0.435 e. The number of phenolic OH excluding ortho intramolecular Hbond substituents is 1. The molecule has 0 aliphatic rings. The fourth-order valence-electron chi connectivity index (χ4n) is 7.22. The topological polar surface area (TPSA) is 55.8 Å². The zero-order valence-electron chi connectivity index (χ0n) is 31.4. The molecule has 3 rings (SSSR count). The quantitative estimate of drug-likeness (QED) is 0.222. The highest BCUT2D eigenvalue weighted by atomic mass is 31.2. The van der Waals surface area contributed by atoms with Crippen molar-refractivity contribution in [2.24, 2.45) is 10.8 Å². The Morgan fingerprint density at radius 3 is 1.33 bits per heavy atom. The molecule has 0 aromatic heterocycles. The van der Waals surface area contributed by atoms with Crippen molar-refractivity contribution < 1.29 is 18.7 Å². The van der Waals surface area contributed by atoms with E-state index >= 15 is 0 Å². The highest BCUT2D eigenvalue weighted by Gasteiger charge is 2.34. The van der Waals surface area contributed by atoms with Crippen LogP contribution in [0.25, 0.3) is 0 Å². The summed E-state index contributed by atoms with van der Waals surface area (Å²) in [5, 5.41) is 11.2. The van der Waals surface area contributed by atoms with E-state index < -0.39 is 7.60 Å². The van der Waals surface area contributed by atoms with Gasteiger partial charge in [-0.05, 0) is 111 Å². The van der Waals surface area contributed by atoms with Crippen molar-refractivity contribution >= 4 is 7.60 Å². The minimum Gasteiger partial charge on any atom is -0.507 e. The number of phenols is 1. The van der Waals surface area contributed by atoms with Gasteiger partial charge in [-0.1, -0.05) is 120 Å². The summed E-state index contributed by atoms with van der Waals surface area (Å²) in [5.41, 5.74) is 5.78. The Hall–Kier alpha value is -2.71. The van der Waals surface area contributed by atoms with Gasteiger partial charge in [-0.25, -0.2) is 4.57 Å². The van der Waals surface area contributed by atoms with Crippen LogP contribution in [0.3, 0.4) is 0 Å². The Balaban J connectivity index is 2.02. The van der Waals surface area contributed by atoms with E-state index in [9.17, 15) is 9.67 Å². The molecule has 0 fully saturated rings. The molecule has 0 saturated heterocycles. The maximum atomic E-state index is 14.8. The Bertz CT molecular complexity index is 1460. The molecule has 4 nitrogen and oxygen atoms in total. The molecule has 0 aliphatic heterocycles. The number of benzene rings is 3. The predicted octanol–water partition coefficient (Wildman–Crippen LogP) is 12.6. The van der Waals surface area contributed by atoms with E-state index in [1.807, 2.05) is 44.2 Å². The van der Waals surface area contributed by atoms with E-state index in [-0.39, 0.29) is 39.0 Å². The second-order valence-corrected chi connectivity index (χ2v) is 20.1.